The molecule has 8 amide bonds. The van der Waals surface area contributed by atoms with Crippen molar-refractivity contribution in [2.45, 2.75) is 146 Å². The Bertz CT molecular complexity index is 1370. The van der Waals surface area contributed by atoms with Gasteiger partial charge in [0, 0.05) is 51.4 Å². The molecule has 0 fully saturated rings. The molecule has 0 aliphatic rings. The molecule has 59 heavy (non-hydrogen) atoms. The van der Waals surface area contributed by atoms with E-state index >= 15 is 0 Å². The van der Waals surface area contributed by atoms with Crippen molar-refractivity contribution >= 4 is 71.1 Å². The number of amides is 8. The number of carbonyl (C=O) groups is 12. The second-order valence-corrected chi connectivity index (χ2v) is 13.3. The molecule has 24 nitrogen and oxygen atoms in total. The van der Waals surface area contributed by atoms with E-state index in [9.17, 15) is 57.5 Å². The lowest BCUT2D eigenvalue weighted by Gasteiger charge is -2.14. The van der Waals surface area contributed by atoms with Gasteiger partial charge in [0.25, 0.3) is 0 Å². The first-order valence-corrected chi connectivity index (χ1v) is 18.8. The van der Waals surface area contributed by atoms with E-state index < -0.39 is 95.3 Å². The summed E-state index contributed by atoms with van der Waals surface area (Å²) in [6.45, 7) is 0. The Hall–Kier alpha value is -6.36. The van der Waals surface area contributed by atoms with Crippen molar-refractivity contribution in [2.75, 3.05) is 0 Å². The van der Waals surface area contributed by atoms with E-state index in [0.29, 0.717) is 44.9 Å². The van der Waals surface area contributed by atoms with Crippen LogP contribution in [0.5, 0.6) is 0 Å². The van der Waals surface area contributed by atoms with Crippen LogP contribution < -0.4 is 44.2 Å². The molecule has 0 aliphatic carbocycles. The van der Waals surface area contributed by atoms with E-state index in [1.54, 1.807) is 0 Å². The van der Waals surface area contributed by atoms with Crippen LogP contribution in [0.1, 0.15) is 122 Å². The summed E-state index contributed by atoms with van der Waals surface area (Å²) in [5.74, 6) is -9.55. The number of nitrogens with two attached hydrogens (primary N) is 4. The highest BCUT2D eigenvalue weighted by molar-refractivity contribution is 5.86. The highest BCUT2D eigenvalue weighted by Gasteiger charge is 2.23. The largest absolute Gasteiger partial charge is 0.480 e. The predicted octanol–water partition coefficient (Wildman–Crippen LogP) is -2.40. The number of hydrogen-bond donors (Lipinski definition) is 12. The van der Waals surface area contributed by atoms with Crippen molar-refractivity contribution in [3.05, 3.63) is 0 Å². The van der Waals surface area contributed by atoms with Crippen LogP contribution in [0.4, 0.5) is 0 Å². The van der Waals surface area contributed by atoms with Gasteiger partial charge in [0.1, 0.15) is 24.2 Å². The minimum Gasteiger partial charge on any atom is -0.480 e. The summed E-state index contributed by atoms with van der Waals surface area (Å²) in [5, 5.41) is 45.3. The zero-order valence-corrected chi connectivity index (χ0v) is 32.7. The molecule has 4 atom stereocenters. The molecule has 24 heteroatoms. The minimum atomic E-state index is -1.26. The van der Waals surface area contributed by atoms with Crippen molar-refractivity contribution in [1.29, 1.82) is 0 Å². The smallest absolute Gasteiger partial charge is 0.326 e. The first-order chi connectivity index (χ1) is 27.5. The second kappa shape index (κ2) is 31.7. The van der Waals surface area contributed by atoms with Gasteiger partial charge in [-0.25, -0.2) is 19.2 Å². The topological polar surface area (TPSA) is 438 Å². The molecule has 0 aliphatic heterocycles. The number of aliphatic carboxylic acids is 4. The number of rotatable bonds is 33. The maximum Gasteiger partial charge on any atom is 0.326 e. The van der Waals surface area contributed by atoms with Gasteiger partial charge in [-0.2, -0.15) is 0 Å². The fourth-order valence-electron chi connectivity index (χ4n) is 4.91. The number of hydrogen-bond acceptors (Lipinski definition) is 12. The third kappa shape index (κ3) is 32.4. The van der Waals surface area contributed by atoms with Crippen LogP contribution in [0.15, 0.2) is 0 Å². The molecule has 16 N–H and O–H groups in total. The second-order valence-electron chi connectivity index (χ2n) is 13.3. The van der Waals surface area contributed by atoms with Crippen LogP contribution in [0, 0.1) is 0 Å². The maximum atomic E-state index is 11.8. The lowest BCUT2D eigenvalue weighted by Crippen LogP contribution is -2.41. The van der Waals surface area contributed by atoms with Gasteiger partial charge in [-0.05, 0) is 51.4 Å². The number of carbonyl (C=O) groups excluding carboxylic acids is 8. The van der Waals surface area contributed by atoms with Crippen molar-refractivity contribution in [3.63, 3.8) is 0 Å². The third-order valence-corrected chi connectivity index (χ3v) is 8.12. The molecule has 0 aromatic carbocycles. The highest BCUT2D eigenvalue weighted by Crippen LogP contribution is 2.09. The molecule has 0 aromatic rings. The average molecular weight is 847 g/mol. The van der Waals surface area contributed by atoms with Crippen LogP contribution in [0.3, 0.4) is 0 Å². The number of carboxylic acids is 4. The Morgan fingerprint density at radius 3 is 0.627 bits per heavy atom. The fourth-order valence-corrected chi connectivity index (χ4v) is 4.91. The van der Waals surface area contributed by atoms with Gasteiger partial charge in [0.05, 0.1) is 0 Å². The molecule has 334 valence electrons. The Morgan fingerprint density at radius 1 is 0.305 bits per heavy atom. The number of unbranched alkanes of at least 4 members (excludes halogenated alkanes) is 5. The van der Waals surface area contributed by atoms with Gasteiger partial charge in [0.15, 0.2) is 0 Å². The Morgan fingerprint density at radius 2 is 0.475 bits per heavy atom. The average Bonchev–Trinajstić information content (AvgIpc) is 3.12. The van der Waals surface area contributed by atoms with Crippen LogP contribution in [0.2, 0.25) is 0 Å². The minimum absolute atomic E-state index is 0.0400. The SMILES string of the molecule is NC(=O)CCC(NC(=O)CCCCCC(=O)NC(CCC(N)=O)C(=O)O)C(=O)O.NC(=O)CCC(NC(=O)CCCCCCC(=O)NC(CCC(N)=O)C(=O)O)C(=O)O. The summed E-state index contributed by atoms with van der Waals surface area (Å²) in [6, 6.07) is -4.75. The predicted molar refractivity (Wildman–Crippen MR) is 203 cm³/mol. The highest BCUT2D eigenvalue weighted by atomic mass is 16.4. The van der Waals surface area contributed by atoms with Gasteiger partial charge in [0.2, 0.25) is 47.3 Å². The zero-order valence-electron chi connectivity index (χ0n) is 32.7. The molecule has 0 bridgehead atoms. The molecule has 0 aromatic heterocycles. The summed E-state index contributed by atoms with van der Waals surface area (Å²) >= 11 is 0. The first kappa shape index (κ1) is 54.7. The molecular formula is C35H58N8O16. The molecule has 0 saturated heterocycles. The van der Waals surface area contributed by atoms with Crippen molar-refractivity contribution in [2.24, 2.45) is 22.9 Å². The summed E-state index contributed by atoms with van der Waals surface area (Å²) in [7, 11) is 0. The van der Waals surface area contributed by atoms with Crippen LogP contribution >= 0.6 is 0 Å². The quantitative estimate of drug-likeness (QED) is 0.0306. The summed E-state index contributed by atoms with van der Waals surface area (Å²) in [6.07, 6.45) is 2.75. The van der Waals surface area contributed by atoms with Gasteiger partial charge in [-0.1, -0.05) is 19.3 Å². The molecule has 0 spiro atoms. The zero-order chi connectivity index (χ0) is 45.5. The Balaban J connectivity index is 0. The van der Waals surface area contributed by atoms with Crippen LogP contribution in [-0.4, -0.2) is 116 Å². The van der Waals surface area contributed by atoms with E-state index in [4.69, 9.17) is 43.4 Å². The number of nitrogens with one attached hydrogen (secondary N) is 4. The fraction of sp³-hybridized carbons (Fsp3) is 0.657. The molecule has 0 saturated carbocycles. The van der Waals surface area contributed by atoms with E-state index in [2.05, 4.69) is 21.3 Å². The van der Waals surface area contributed by atoms with Crippen LogP contribution in [-0.2, 0) is 57.5 Å². The molecule has 0 radical (unpaired) electrons. The molecule has 0 rings (SSSR count). The number of carboxylic acid groups (broad SMARTS) is 4. The van der Waals surface area contributed by atoms with Gasteiger partial charge < -0.3 is 64.6 Å². The number of primary amides is 4. The maximum absolute atomic E-state index is 11.8. The van der Waals surface area contributed by atoms with Crippen LogP contribution in [0.25, 0.3) is 0 Å². The van der Waals surface area contributed by atoms with E-state index in [1.165, 1.54) is 0 Å². The lowest BCUT2D eigenvalue weighted by molar-refractivity contribution is -0.142. The monoisotopic (exact) mass is 846 g/mol. The summed E-state index contributed by atoms with van der Waals surface area (Å²) < 4.78 is 0. The summed E-state index contributed by atoms with van der Waals surface area (Å²) in [4.78, 5) is 134. The van der Waals surface area contributed by atoms with Gasteiger partial charge >= 0.3 is 23.9 Å². The van der Waals surface area contributed by atoms with Crippen molar-refractivity contribution < 1.29 is 78.0 Å². The van der Waals surface area contributed by atoms with E-state index in [-0.39, 0.29) is 77.0 Å². The van der Waals surface area contributed by atoms with Crippen molar-refractivity contribution in [3.8, 4) is 0 Å². The Kier molecular flexibility index (Phi) is 29.4. The molecule has 0 heterocycles. The van der Waals surface area contributed by atoms with E-state index in [1.807, 2.05) is 0 Å². The molecule has 4 unspecified atom stereocenters. The standard InChI is InChI=1S/C18H30N4O8.C17H28N4O8/c19-13(23)9-7-11(17(27)28)21-15(25)5-3-1-2-4-6-16(26)22-12(18(29)30)8-10-14(20)24;18-12(22)8-6-10(16(26)27)20-14(24)4-2-1-3-5-15(25)21-11(17(28)29)7-9-13(19)23/h11-12H,1-10H2,(H2,19,23)(H2,20,24)(H,21,25)(H,22,26)(H,27,28)(H,29,30);10-11H,1-9H2,(H2,18,22)(H2,19,23)(H,20,24)(H,21,25)(H,26,27)(H,28,29). The summed E-state index contributed by atoms with van der Waals surface area (Å²) in [5.41, 5.74) is 19.8. The first-order valence-electron chi connectivity index (χ1n) is 18.8. The van der Waals surface area contributed by atoms with Crippen molar-refractivity contribution in [1.82, 2.24) is 21.3 Å². The van der Waals surface area contributed by atoms with Gasteiger partial charge in [-0.15, -0.1) is 0 Å². The normalized spacial score (nSPS) is 12.4. The van der Waals surface area contributed by atoms with E-state index in [0.717, 1.165) is 0 Å². The Labute approximate surface area is 339 Å². The van der Waals surface area contributed by atoms with Gasteiger partial charge in [-0.3, -0.25) is 38.4 Å². The lowest BCUT2D eigenvalue weighted by atomic mass is 10.1. The molecular weight excluding hydrogens is 788 g/mol. The third-order valence-electron chi connectivity index (χ3n) is 8.12.